The lowest BCUT2D eigenvalue weighted by molar-refractivity contribution is -0.103. The first kappa shape index (κ1) is 18.3. The Bertz CT molecular complexity index is 892. The van der Waals surface area contributed by atoms with Gasteiger partial charge in [-0.3, -0.25) is 0 Å². The molecular weight excluding hydrogens is 462 g/mol. The van der Waals surface area contributed by atoms with Gasteiger partial charge in [-0.15, -0.1) is 11.3 Å². The van der Waals surface area contributed by atoms with E-state index in [1.807, 2.05) is 31.2 Å². The molecule has 26 heavy (non-hydrogen) atoms. The normalized spacial score (nSPS) is 26.3. The van der Waals surface area contributed by atoms with Crippen LogP contribution in [-0.4, -0.2) is 21.2 Å². The van der Waals surface area contributed by atoms with Gasteiger partial charge in [0.2, 0.25) is 0 Å². The number of thiophene rings is 1. The van der Waals surface area contributed by atoms with Gasteiger partial charge in [0.15, 0.2) is 0 Å². The fourth-order valence-corrected chi connectivity index (χ4v) is 5.65. The van der Waals surface area contributed by atoms with E-state index in [1.54, 1.807) is 17.4 Å². The van der Waals surface area contributed by atoms with Crippen molar-refractivity contribution in [2.45, 2.75) is 42.0 Å². The van der Waals surface area contributed by atoms with Crippen molar-refractivity contribution in [3.8, 4) is 0 Å². The van der Waals surface area contributed by atoms with Gasteiger partial charge < -0.3 is 9.84 Å². The second kappa shape index (κ2) is 7.54. The SMILES string of the molecule is CC1OC(c2ccc(F)c(Cc3cc4ccccc4s3)c2)C(I)CC1O. The molecule has 3 aromatic rings. The van der Waals surface area contributed by atoms with Crippen LogP contribution in [0.15, 0.2) is 48.5 Å². The molecule has 1 saturated heterocycles. The minimum atomic E-state index is -0.438. The van der Waals surface area contributed by atoms with Crippen molar-refractivity contribution in [3.63, 3.8) is 0 Å². The molecule has 4 atom stereocenters. The van der Waals surface area contributed by atoms with E-state index in [9.17, 15) is 9.50 Å². The molecule has 1 N–H and O–H groups in total. The van der Waals surface area contributed by atoms with Gasteiger partial charge >= 0.3 is 0 Å². The monoisotopic (exact) mass is 482 g/mol. The second-order valence-corrected chi connectivity index (χ2v) is 9.63. The van der Waals surface area contributed by atoms with Crippen LogP contribution in [0, 0.1) is 5.82 Å². The van der Waals surface area contributed by atoms with Crippen LogP contribution in [0.5, 0.6) is 0 Å². The maximum Gasteiger partial charge on any atom is 0.126 e. The molecule has 2 aromatic carbocycles. The molecule has 4 unspecified atom stereocenters. The number of alkyl halides is 1. The summed E-state index contributed by atoms with van der Waals surface area (Å²) >= 11 is 4.04. The standard InChI is InChI=1S/C21H20FIO2S/c1-12-19(24)11-18(23)21(25-12)14-6-7-17(22)15(8-14)10-16-9-13-4-2-3-5-20(13)26-16/h2-9,12,18-19,21,24H,10-11H2,1H3. The first-order valence-corrected chi connectivity index (χ1v) is 10.8. The van der Waals surface area contributed by atoms with Crippen molar-refractivity contribution >= 4 is 44.0 Å². The summed E-state index contributed by atoms with van der Waals surface area (Å²) in [5.41, 5.74) is 1.68. The Labute approximate surface area is 170 Å². The van der Waals surface area contributed by atoms with E-state index in [0.717, 1.165) is 10.4 Å². The summed E-state index contributed by atoms with van der Waals surface area (Å²) < 4.78 is 21.8. The largest absolute Gasteiger partial charge is 0.390 e. The highest BCUT2D eigenvalue weighted by Crippen LogP contribution is 2.37. The smallest absolute Gasteiger partial charge is 0.126 e. The van der Waals surface area contributed by atoms with Crippen molar-refractivity contribution in [3.05, 3.63) is 70.4 Å². The zero-order valence-electron chi connectivity index (χ0n) is 14.4. The molecule has 2 nitrogen and oxygen atoms in total. The third-order valence-electron chi connectivity index (χ3n) is 4.94. The van der Waals surface area contributed by atoms with Gasteiger partial charge in [-0.2, -0.15) is 0 Å². The van der Waals surface area contributed by atoms with Crippen LogP contribution < -0.4 is 0 Å². The topological polar surface area (TPSA) is 29.5 Å². The Morgan fingerprint density at radius 1 is 1.23 bits per heavy atom. The molecule has 1 aliphatic rings. The Morgan fingerprint density at radius 2 is 2.04 bits per heavy atom. The van der Waals surface area contributed by atoms with Gasteiger partial charge in [0.1, 0.15) is 5.82 Å². The molecule has 0 radical (unpaired) electrons. The van der Waals surface area contributed by atoms with Gasteiger partial charge in [0.25, 0.3) is 0 Å². The number of fused-ring (bicyclic) bond motifs is 1. The minimum absolute atomic E-state index is 0.115. The first-order valence-electron chi connectivity index (χ1n) is 8.74. The van der Waals surface area contributed by atoms with Crippen molar-refractivity contribution in [1.29, 1.82) is 0 Å². The van der Waals surface area contributed by atoms with Crippen LogP contribution in [0.25, 0.3) is 10.1 Å². The molecule has 1 aromatic heterocycles. The number of ether oxygens (including phenoxy) is 1. The number of halogens is 2. The molecule has 4 rings (SSSR count). The zero-order chi connectivity index (χ0) is 18.3. The first-order chi connectivity index (χ1) is 12.5. The Morgan fingerprint density at radius 3 is 2.85 bits per heavy atom. The average molecular weight is 482 g/mol. The van der Waals surface area contributed by atoms with Crippen LogP contribution >= 0.6 is 33.9 Å². The van der Waals surface area contributed by atoms with E-state index in [4.69, 9.17) is 4.74 Å². The number of rotatable bonds is 3. The fourth-order valence-electron chi connectivity index (χ4n) is 3.46. The fraction of sp³-hybridized carbons (Fsp3) is 0.333. The number of hydrogen-bond donors (Lipinski definition) is 1. The molecule has 1 fully saturated rings. The predicted molar refractivity (Wildman–Crippen MR) is 113 cm³/mol. The molecule has 136 valence electrons. The Hall–Kier alpha value is -1.02. The lowest BCUT2D eigenvalue weighted by atomic mass is 9.95. The van der Waals surface area contributed by atoms with Crippen LogP contribution in [0.4, 0.5) is 4.39 Å². The molecule has 0 bridgehead atoms. The number of benzene rings is 2. The summed E-state index contributed by atoms with van der Waals surface area (Å²) in [7, 11) is 0. The zero-order valence-corrected chi connectivity index (χ0v) is 17.3. The van der Waals surface area contributed by atoms with Gasteiger partial charge in [0.05, 0.1) is 18.3 Å². The number of hydrogen-bond acceptors (Lipinski definition) is 3. The number of aliphatic hydroxyl groups is 1. The van der Waals surface area contributed by atoms with Crippen LogP contribution in [0.2, 0.25) is 0 Å². The summed E-state index contributed by atoms with van der Waals surface area (Å²) in [5, 5.41) is 11.2. The predicted octanol–water partition coefficient (Wildman–Crippen LogP) is 5.65. The van der Waals surface area contributed by atoms with E-state index in [-0.39, 0.29) is 21.9 Å². The van der Waals surface area contributed by atoms with Gasteiger partial charge in [0, 0.05) is 19.9 Å². The Balaban J connectivity index is 1.62. The molecule has 0 saturated carbocycles. The van der Waals surface area contributed by atoms with Crippen molar-refractivity contribution in [1.82, 2.24) is 0 Å². The molecule has 0 amide bonds. The third kappa shape index (κ3) is 3.67. The molecule has 5 heteroatoms. The molecule has 0 spiro atoms. The average Bonchev–Trinajstić information content (AvgIpc) is 3.02. The van der Waals surface area contributed by atoms with E-state index in [2.05, 4.69) is 40.8 Å². The molecular formula is C21H20FIO2S. The quantitative estimate of drug-likeness (QED) is 0.387. The van der Waals surface area contributed by atoms with Gasteiger partial charge in [-0.25, -0.2) is 4.39 Å². The van der Waals surface area contributed by atoms with Crippen molar-refractivity contribution < 1.29 is 14.2 Å². The maximum absolute atomic E-state index is 14.4. The lowest BCUT2D eigenvalue weighted by Crippen LogP contribution is -2.39. The molecule has 0 aliphatic carbocycles. The van der Waals surface area contributed by atoms with Crippen LogP contribution in [-0.2, 0) is 11.2 Å². The second-order valence-electron chi connectivity index (χ2n) is 6.86. The maximum atomic E-state index is 14.4. The summed E-state index contributed by atoms with van der Waals surface area (Å²) in [4.78, 5) is 1.15. The number of aliphatic hydroxyl groups excluding tert-OH is 1. The van der Waals surface area contributed by atoms with Crippen molar-refractivity contribution in [2.75, 3.05) is 0 Å². The highest BCUT2D eigenvalue weighted by molar-refractivity contribution is 14.1. The van der Waals surface area contributed by atoms with E-state index >= 15 is 0 Å². The van der Waals surface area contributed by atoms with E-state index < -0.39 is 6.10 Å². The molecule has 1 aliphatic heterocycles. The molecule has 2 heterocycles. The van der Waals surface area contributed by atoms with Gasteiger partial charge in [-0.1, -0.05) is 46.9 Å². The van der Waals surface area contributed by atoms with E-state index in [1.165, 1.54) is 10.1 Å². The van der Waals surface area contributed by atoms with Gasteiger partial charge in [-0.05, 0) is 54.1 Å². The lowest BCUT2D eigenvalue weighted by Gasteiger charge is -2.36. The highest BCUT2D eigenvalue weighted by Gasteiger charge is 2.34. The van der Waals surface area contributed by atoms with Crippen LogP contribution in [0.3, 0.4) is 0 Å². The van der Waals surface area contributed by atoms with E-state index in [0.29, 0.717) is 18.4 Å². The Kier molecular flexibility index (Phi) is 5.32. The summed E-state index contributed by atoms with van der Waals surface area (Å²) in [6.45, 7) is 1.89. The summed E-state index contributed by atoms with van der Waals surface area (Å²) in [6.07, 6.45) is 0.509. The minimum Gasteiger partial charge on any atom is -0.390 e. The van der Waals surface area contributed by atoms with Crippen LogP contribution in [0.1, 0.15) is 35.5 Å². The third-order valence-corrected chi connectivity index (χ3v) is 7.22. The summed E-state index contributed by atoms with van der Waals surface area (Å²) in [5.74, 6) is -0.180. The summed E-state index contributed by atoms with van der Waals surface area (Å²) in [6, 6.07) is 15.7. The highest BCUT2D eigenvalue weighted by atomic mass is 127. The van der Waals surface area contributed by atoms with Crippen molar-refractivity contribution in [2.24, 2.45) is 0 Å².